The van der Waals surface area contributed by atoms with E-state index in [-0.39, 0.29) is 0 Å². The van der Waals surface area contributed by atoms with Crippen LogP contribution in [-0.4, -0.2) is 19.2 Å². The lowest BCUT2D eigenvalue weighted by molar-refractivity contribution is 0.218. The van der Waals surface area contributed by atoms with Gasteiger partial charge >= 0.3 is 0 Å². The zero-order chi connectivity index (χ0) is 13.5. The van der Waals surface area contributed by atoms with Crippen LogP contribution in [0.4, 0.5) is 0 Å². The molecule has 1 unspecified atom stereocenters. The van der Waals surface area contributed by atoms with Gasteiger partial charge in [-0.25, -0.2) is 0 Å². The smallest absolute Gasteiger partial charge is 0.0876 e. The molecule has 1 aromatic rings. The van der Waals surface area contributed by atoms with Gasteiger partial charge in [0.25, 0.3) is 0 Å². The SMILES string of the molecule is CCNC(CCc1ccccc1C)C1=COCCC1. The zero-order valence-electron chi connectivity index (χ0n) is 12.1. The molecule has 1 aliphatic rings. The van der Waals surface area contributed by atoms with Crippen molar-refractivity contribution in [3.63, 3.8) is 0 Å². The van der Waals surface area contributed by atoms with Gasteiger partial charge in [-0.1, -0.05) is 31.2 Å². The maximum Gasteiger partial charge on any atom is 0.0876 e. The summed E-state index contributed by atoms with van der Waals surface area (Å²) in [6, 6.07) is 9.14. The van der Waals surface area contributed by atoms with Gasteiger partial charge in [0.15, 0.2) is 0 Å². The Labute approximate surface area is 116 Å². The largest absolute Gasteiger partial charge is 0.501 e. The first kappa shape index (κ1) is 14.1. The highest BCUT2D eigenvalue weighted by atomic mass is 16.5. The molecule has 1 heterocycles. The summed E-state index contributed by atoms with van der Waals surface area (Å²) in [5.74, 6) is 0. The van der Waals surface area contributed by atoms with Gasteiger partial charge in [0.1, 0.15) is 0 Å². The zero-order valence-corrected chi connectivity index (χ0v) is 12.1. The van der Waals surface area contributed by atoms with Crippen molar-refractivity contribution in [1.29, 1.82) is 0 Å². The third-order valence-electron chi connectivity index (χ3n) is 3.82. The number of ether oxygens (including phenoxy) is 1. The van der Waals surface area contributed by atoms with Crippen molar-refractivity contribution >= 4 is 0 Å². The molecule has 0 aliphatic carbocycles. The first-order chi connectivity index (χ1) is 9.31. The van der Waals surface area contributed by atoms with Crippen LogP contribution in [0.2, 0.25) is 0 Å². The van der Waals surface area contributed by atoms with Crippen LogP contribution in [-0.2, 0) is 11.2 Å². The second kappa shape index (κ2) is 7.34. The summed E-state index contributed by atoms with van der Waals surface area (Å²) < 4.78 is 5.48. The maximum atomic E-state index is 5.48. The lowest BCUT2D eigenvalue weighted by atomic mass is 9.94. The van der Waals surface area contributed by atoms with Crippen molar-refractivity contribution in [2.75, 3.05) is 13.2 Å². The van der Waals surface area contributed by atoms with Crippen LogP contribution in [0.25, 0.3) is 0 Å². The van der Waals surface area contributed by atoms with E-state index in [9.17, 15) is 0 Å². The summed E-state index contributed by atoms with van der Waals surface area (Å²) >= 11 is 0. The topological polar surface area (TPSA) is 21.3 Å². The molecule has 0 fully saturated rings. The van der Waals surface area contributed by atoms with Crippen LogP contribution in [0.3, 0.4) is 0 Å². The summed E-state index contributed by atoms with van der Waals surface area (Å²) in [5.41, 5.74) is 4.29. The fourth-order valence-corrected chi connectivity index (χ4v) is 2.70. The highest BCUT2D eigenvalue weighted by Gasteiger charge is 2.16. The van der Waals surface area contributed by atoms with Crippen LogP contribution in [0.1, 0.15) is 37.3 Å². The molecule has 0 radical (unpaired) electrons. The Morgan fingerprint density at radius 2 is 2.16 bits per heavy atom. The predicted octanol–water partition coefficient (Wildman–Crippen LogP) is 3.60. The third kappa shape index (κ3) is 4.10. The van der Waals surface area contributed by atoms with E-state index in [4.69, 9.17) is 4.74 Å². The Morgan fingerprint density at radius 3 is 2.84 bits per heavy atom. The van der Waals surface area contributed by atoms with Gasteiger partial charge in [0.2, 0.25) is 0 Å². The van der Waals surface area contributed by atoms with Crippen molar-refractivity contribution in [2.45, 2.75) is 45.6 Å². The number of likely N-dealkylation sites (N-methyl/N-ethyl adjacent to an activating group) is 1. The summed E-state index contributed by atoms with van der Waals surface area (Å²) in [4.78, 5) is 0. The minimum atomic E-state index is 0.463. The Balaban J connectivity index is 1.97. The number of benzene rings is 1. The molecule has 0 bridgehead atoms. The average molecular weight is 259 g/mol. The van der Waals surface area contributed by atoms with E-state index in [1.165, 1.54) is 23.1 Å². The fraction of sp³-hybridized carbons (Fsp3) is 0.529. The molecule has 1 aliphatic heterocycles. The molecule has 104 valence electrons. The Bertz CT molecular complexity index is 425. The highest BCUT2D eigenvalue weighted by molar-refractivity contribution is 5.26. The molecule has 1 N–H and O–H groups in total. The molecule has 19 heavy (non-hydrogen) atoms. The van der Waals surface area contributed by atoms with E-state index in [1.54, 1.807) is 0 Å². The second-order valence-electron chi connectivity index (χ2n) is 5.24. The molecular formula is C17H25NO. The number of aryl methyl sites for hydroxylation is 2. The van der Waals surface area contributed by atoms with Gasteiger partial charge in [-0.15, -0.1) is 0 Å². The molecular weight excluding hydrogens is 234 g/mol. The lowest BCUT2D eigenvalue weighted by Crippen LogP contribution is -2.32. The second-order valence-corrected chi connectivity index (χ2v) is 5.24. The minimum Gasteiger partial charge on any atom is -0.501 e. The van der Waals surface area contributed by atoms with E-state index < -0.39 is 0 Å². The maximum absolute atomic E-state index is 5.48. The summed E-state index contributed by atoms with van der Waals surface area (Å²) in [6.45, 7) is 6.25. The van der Waals surface area contributed by atoms with Crippen molar-refractivity contribution in [1.82, 2.24) is 5.32 Å². The Morgan fingerprint density at radius 1 is 1.32 bits per heavy atom. The van der Waals surface area contributed by atoms with Crippen LogP contribution in [0.5, 0.6) is 0 Å². The number of hydrogen-bond acceptors (Lipinski definition) is 2. The number of rotatable bonds is 6. The van der Waals surface area contributed by atoms with Gasteiger partial charge in [0.05, 0.1) is 12.9 Å². The van der Waals surface area contributed by atoms with E-state index in [2.05, 4.69) is 43.4 Å². The Kier molecular flexibility index (Phi) is 5.46. The van der Waals surface area contributed by atoms with Gasteiger partial charge in [-0.05, 0) is 55.9 Å². The van der Waals surface area contributed by atoms with Crippen molar-refractivity contribution < 1.29 is 4.74 Å². The van der Waals surface area contributed by atoms with Crippen molar-refractivity contribution in [2.24, 2.45) is 0 Å². The normalized spacial score (nSPS) is 16.6. The molecule has 2 nitrogen and oxygen atoms in total. The van der Waals surface area contributed by atoms with Crippen LogP contribution in [0.15, 0.2) is 36.1 Å². The molecule has 0 spiro atoms. The summed E-state index contributed by atoms with van der Waals surface area (Å²) in [7, 11) is 0. The minimum absolute atomic E-state index is 0.463. The van der Waals surface area contributed by atoms with E-state index in [0.29, 0.717) is 6.04 Å². The standard InChI is InChI=1S/C17H25NO/c1-3-18-17(16-9-6-12-19-13-16)11-10-15-8-5-4-7-14(15)2/h4-5,7-8,13,17-18H,3,6,9-12H2,1-2H3. The molecule has 1 aromatic carbocycles. The summed E-state index contributed by atoms with van der Waals surface area (Å²) in [6.07, 6.45) is 6.58. The molecule has 1 atom stereocenters. The molecule has 0 amide bonds. The average Bonchev–Trinajstić information content (AvgIpc) is 2.46. The van der Waals surface area contributed by atoms with Crippen molar-refractivity contribution in [3.8, 4) is 0 Å². The summed E-state index contributed by atoms with van der Waals surface area (Å²) in [5, 5.41) is 3.59. The van der Waals surface area contributed by atoms with E-state index in [1.807, 2.05) is 6.26 Å². The molecule has 0 aromatic heterocycles. The lowest BCUT2D eigenvalue weighted by Gasteiger charge is -2.24. The first-order valence-electron chi connectivity index (χ1n) is 7.39. The Hall–Kier alpha value is -1.28. The quantitative estimate of drug-likeness (QED) is 0.843. The van der Waals surface area contributed by atoms with Gasteiger partial charge in [0, 0.05) is 6.04 Å². The van der Waals surface area contributed by atoms with E-state index >= 15 is 0 Å². The van der Waals surface area contributed by atoms with Gasteiger partial charge < -0.3 is 10.1 Å². The van der Waals surface area contributed by atoms with Gasteiger partial charge in [-0.2, -0.15) is 0 Å². The molecule has 0 saturated heterocycles. The first-order valence-corrected chi connectivity index (χ1v) is 7.39. The fourth-order valence-electron chi connectivity index (χ4n) is 2.70. The van der Waals surface area contributed by atoms with Gasteiger partial charge in [-0.3, -0.25) is 0 Å². The van der Waals surface area contributed by atoms with E-state index in [0.717, 1.165) is 32.4 Å². The monoisotopic (exact) mass is 259 g/mol. The third-order valence-corrected chi connectivity index (χ3v) is 3.82. The number of nitrogens with one attached hydrogen (secondary N) is 1. The number of hydrogen-bond donors (Lipinski definition) is 1. The highest BCUT2D eigenvalue weighted by Crippen LogP contribution is 2.20. The van der Waals surface area contributed by atoms with Crippen molar-refractivity contribution in [3.05, 3.63) is 47.2 Å². The van der Waals surface area contributed by atoms with Crippen LogP contribution in [0, 0.1) is 6.92 Å². The molecule has 2 rings (SSSR count). The molecule has 0 saturated carbocycles. The predicted molar refractivity (Wildman–Crippen MR) is 80.2 cm³/mol. The van der Waals surface area contributed by atoms with Crippen LogP contribution >= 0.6 is 0 Å². The van der Waals surface area contributed by atoms with Crippen LogP contribution < -0.4 is 5.32 Å². The molecule has 2 heteroatoms.